The molecule has 2 nitrogen and oxygen atoms in total. The van der Waals surface area contributed by atoms with Crippen molar-refractivity contribution >= 4 is 85.9 Å². The van der Waals surface area contributed by atoms with Gasteiger partial charge >= 0.3 is 0 Å². The van der Waals surface area contributed by atoms with Crippen LogP contribution in [0, 0.1) is 0 Å². The molecule has 0 aliphatic carbocycles. The third-order valence-corrected chi connectivity index (χ3v) is 9.01. The molecule has 1 N–H and O–H groups in total. The van der Waals surface area contributed by atoms with Crippen molar-refractivity contribution in [3.8, 4) is 5.69 Å². The second-order valence-corrected chi connectivity index (χ2v) is 11.0. The maximum Gasteiger partial charge on any atom is 0.0555 e. The summed E-state index contributed by atoms with van der Waals surface area (Å²) in [5, 5.41) is 10.4. The van der Waals surface area contributed by atoms with Crippen LogP contribution < -0.4 is 0 Å². The van der Waals surface area contributed by atoms with E-state index in [4.69, 9.17) is 0 Å². The highest BCUT2D eigenvalue weighted by atomic mass is 32.1. The lowest BCUT2D eigenvalue weighted by Crippen LogP contribution is -1.93. The highest BCUT2D eigenvalue weighted by molar-refractivity contribution is 7.26. The molecule has 0 saturated carbocycles. The van der Waals surface area contributed by atoms with Gasteiger partial charge in [-0.05, 0) is 59.3 Å². The van der Waals surface area contributed by atoms with Crippen LogP contribution in [-0.2, 0) is 0 Å². The monoisotopic (exact) mass is 488 g/mol. The van der Waals surface area contributed by atoms with Gasteiger partial charge in [0.1, 0.15) is 0 Å². The number of para-hydroxylation sites is 2. The Hall–Kier alpha value is -4.60. The smallest absolute Gasteiger partial charge is 0.0555 e. The molecule has 0 unspecified atom stereocenters. The highest BCUT2D eigenvalue weighted by Gasteiger charge is 2.18. The van der Waals surface area contributed by atoms with Crippen LogP contribution in [0.1, 0.15) is 0 Å². The van der Waals surface area contributed by atoms with E-state index in [0.717, 1.165) is 0 Å². The quantitative estimate of drug-likeness (QED) is 0.237. The van der Waals surface area contributed by atoms with E-state index >= 15 is 0 Å². The zero-order chi connectivity index (χ0) is 24.1. The topological polar surface area (TPSA) is 20.7 Å². The molecule has 0 aliphatic rings. The molecule has 0 amide bonds. The lowest BCUT2D eigenvalue weighted by atomic mass is 10.0. The average molecular weight is 489 g/mol. The summed E-state index contributed by atoms with van der Waals surface area (Å²) in [4.78, 5) is 3.63. The molecule has 0 spiro atoms. The molecule has 6 aromatic carbocycles. The van der Waals surface area contributed by atoms with Gasteiger partial charge in [-0.25, -0.2) is 0 Å². The van der Waals surface area contributed by atoms with E-state index < -0.39 is 0 Å². The minimum Gasteiger partial charge on any atom is -0.354 e. The number of hydrogen-bond donors (Lipinski definition) is 1. The standard InChI is InChI=1S/C34H20N2S/c1-2-8-21-17-22(14-13-20(21)7-1)36-29-12-6-4-9-23(29)25-18-26-32(19-30(25)36)37-31-16-15-28-33(34(26)31)24-10-3-5-11-27(24)35-28/h1-19,35H. The summed E-state index contributed by atoms with van der Waals surface area (Å²) in [5.41, 5.74) is 6.09. The van der Waals surface area contributed by atoms with Crippen molar-refractivity contribution in [2.24, 2.45) is 0 Å². The van der Waals surface area contributed by atoms with Gasteiger partial charge in [-0.15, -0.1) is 11.3 Å². The first-order valence-electron chi connectivity index (χ1n) is 12.6. The van der Waals surface area contributed by atoms with Crippen molar-refractivity contribution in [2.45, 2.75) is 0 Å². The number of H-pyrrole nitrogens is 1. The van der Waals surface area contributed by atoms with Gasteiger partial charge < -0.3 is 9.55 Å². The number of fused-ring (bicyclic) bond motifs is 11. The molecule has 0 radical (unpaired) electrons. The molecule has 172 valence electrons. The largest absolute Gasteiger partial charge is 0.354 e. The predicted octanol–water partition coefficient (Wildman–Crippen LogP) is 9.94. The Balaban J connectivity index is 1.44. The molecule has 3 aromatic heterocycles. The maximum absolute atomic E-state index is 3.63. The van der Waals surface area contributed by atoms with Gasteiger partial charge in [-0.1, -0.05) is 66.7 Å². The number of benzene rings is 6. The van der Waals surface area contributed by atoms with Gasteiger partial charge in [0.25, 0.3) is 0 Å². The molecule has 9 aromatic rings. The maximum atomic E-state index is 3.63. The first-order chi connectivity index (χ1) is 18.3. The lowest BCUT2D eigenvalue weighted by molar-refractivity contribution is 1.19. The summed E-state index contributed by atoms with van der Waals surface area (Å²) in [7, 11) is 0. The SMILES string of the molecule is c1ccc2cc(-n3c4ccccc4c4cc5c(cc43)sc3ccc4[nH]c6ccccc6c4c35)ccc2c1. The average Bonchev–Trinajstić information content (AvgIpc) is 3.60. The summed E-state index contributed by atoms with van der Waals surface area (Å²) in [6, 6.07) is 42.2. The second-order valence-electron chi connectivity index (χ2n) is 9.88. The van der Waals surface area contributed by atoms with Crippen molar-refractivity contribution in [1.29, 1.82) is 0 Å². The highest BCUT2D eigenvalue weighted by Crippen LogP contribution is 2.44. The first kappa shape index (κ1) is 19.6. The normalized spacial score (nSPS) is 12.3. The van der Waals surface area contributed by atoms with Gasteiger partial charge in [0.2, 0.25) is 0 Å². The molecule has 0 atom stereocenters. The van der Waals surface area contributed by atoms with Gasteiger partial charge in [0, 0.05) is 58.4 Å². The molecule has 0 fully saturated rings. The summed E-state index contributed by atoms with van der Waals surface area (Å²) in [6.45, 7) is 0. The summed E-state index contributed by atoms with van der Waals surface area (Å²) in [5.74, 6) is 0. The number of nitrogens with one attached hydrogen (secondary N) is 1. The van der Waals surface area contributed by atoms with Crippen LogP contribution in [-0.4, -0.2) is 9.55 Å². The number of thiophene rings is 1. The van der Waals surface area contributed by atoms with E-state index in [9.17, 15) is 0 Å². The van der Waals surface area contributed by atoms with E-state index in [1.165, 1.54) is 80.2 Å². The van der Waals surface area contributed by atoms with Gasteiger partial charge in [-0.3, -0.25) is 0 Å². The molecule has 0 saturated heterocycles. The number of aromatic amines is 1. The Kier molecular flexibility index (Phi) is 3.70. The minimum atomic E-state index is 1.19. The summed E-state index contributed by atoms with van der Waals surface area (Å²) < 4.78 is 5.09. The molecule has 3 heterocycles. The van der Waals surface area contributed by atoms with Gasteiger partial charge in [0.15, 0.2) is 0 Å². The van der Waals surface area contributed by atoms with Crippen LogP contribution in [0.25, 0.3) is 80.2 Å². The Morgan fingerprint density at radius 3 is 2.24 bits per heavy atom. The minimum absolute atomic E-state index is 1.19. The third-order valence-electron chi connectivity index (χ3n) is 7.89. The van der Waals surface area contributed by atoms with Crippen LogP contribution in [0.15, 0.2) is 115 Å². The Bertz CT molecular complexity index is 2360. The van der Waals surface area contributed by atoms with Crippen molar-refractivity contribution in [3.63, 3.8) is 0 Å². The van der Waals surface area contributed by atoms with Crippen molar-refractivity contribution in [1.82, 2.24) is 9.55 Å². The van der Waals surface area contributed by atoms with Crippen LogP contribution in [0.5, 0.6) is 0 Å². The second kappa shape index (κ2) is 7.00. The van der Waals surface area contributed by atoms with Crippen molar-refractivity contribution < 1.29 is 0 Å². The fraction of sp³-hybridized carbons (Fsp3) is 0. The van der Waals surface area contributed by atoms with E-state index in [-0.39, 0.29) is 0 Å². The molecule has 3 heteroatoms. The Morgan fingerprint density at radius 1 is 0.486 bits per heavy atom. The van der Waals surface area contributed by atoms with Crippen LogP contribution in [0.3, 0.4) is 0 Å². The molecule has 37 heavy (non-hydrogen) atoms. The van der Waals surface area contributed by atoms with Crippen LogP contribution in [0.2, 0.25) is 0 Å². The molecule has 9 rings (SSSR count). The fourth-order valence-corrected chi connectivity index (χ4v) is 7.39. The van der Waals surface area contributed by atoms with Crippen LogP contribution in [0.4, 0.5) is 0 Å². The first-order valence-corrected chi connectivity index (χ1v) is 13.4. The van der Waals surface area contributed by atoms with E-state index in [2.05, 4.69) is 125 Å². The predicted molar refractivity (Wildman–Crippen MR) is 161 cm³/mol. The molecule has 0 bridgehead atoms. The van der Waals surface area contributed by atoms with Gasteiger partial charge in [-0.2, -0.15) is 0 Å². The zero-order valence-electron chi connectivity index (χ0n) is 19.8. The summed E-state index contributed by atoms with van der Waals surface area (Å²) >= 11 is 1.89. The number of nitrogens with zero attached hydrogens (tertiary/aromatic N) is 1. The van der Waals surface area contributed by atoms with E-state index in [1.54, 1.807) is 0 Å². The number of hydrogen-bond acceptors (Lipinski definition) is 1. The van der Waals surface area contributed by atoms with Gasteiger partial charge in [0.05, 0.1) is 11.0 Å². The van der Waals surface area contributed by atoms with Crippen molar-refractivity contribution in [2.75, 3.05) is 0 Å². The fourth-order valence-electron chi connectivity index (χ4n) is 6.26. The number of rotatable bonds is 1. The van der Waals surface area contributed by atoms with E-state index in [0.29, 0.717) is 0 Å². The zero-order valence-corrected chi connectivity index (χ0v) is 20.6. The third kappa shape index (κ3) is 2.59. The number of aromatic nitrogens is 2. The molecule has 0 aliphatic heterocycles. The van der Waals surface area contributed by atoms with Crippen molar-refractivity contribution in [3.05, 3.63) is 115 Å². The molecular formula is C34H20N2S. The Morgan fingerprint density at radius 2 is 1.30 bits per heavy atom. The lowest BCUT2D eigenvalue weighted by Gasteiger charge is -2.09. The molecular weight excluding hydrogens is 468 g/mol. The Labute approximate surface area is 216 Å². The van der Waals surface area contributed by atoms with Crippen LogP contribution >= 0.6 is 11.3 Å². The summed E-state index contributed by atoms with van der Waals surface area (Å²) in [6.07, 6.45) is 0. The van der Waals surface area contributed by atoms with E-state index in [1.807, 2.05) is 11.3 Å².